The maximum atomic E-state index is 13.8. The zero-order valence-electron chi connectivity index (χ0n) is 21.7. The summed E-state index contributed by atoms with van der Waals surface area (Å²) in [6, 6.07) is 10.4. The molecule has 8 nitrogen and oxygen atoms in total. The Labute approximate surface area is 212 Å². The van der Waals surface area contributed by atoms with Crippen LogP contribution in [0.1, 0.15) is 61.0 Å². The van der Waals surface area contributed by atoms with E-state index in [1.807, 2.05) is 39.0 Å². The third-order valence-electron chi connectivity index (χ3n) is 7.69. The molecule has 0 aromatic heterocycles. The molecule has 0 unspecified atom stereocenters. The molecule has 1 saturated heterocycles. The molecule has 0 atom stereocenters. The van der Waals surface area contributed by atoms with Gasteiger partial charge in [0, 0.05) is 24.2 Å². The van der Waals surface area contributed by atoms with Crippen LogP contribution >= 0.6 is 0 Å². The first kappa shape index (κ1) is 25.5. The van der Waals surface area contributed by atoms with Crippen LogP contribution in [-0.4, -0.2) is 65.9 Å². The Bertz CT molecular complexity index is 1180. The number of aromatic hydroxyl groups is 1. The van der Waals surface area contributed by atoms with Gasteiger partial charge in [0.1, 0.15) is 5.75 Å². The monoisotopic (exact) mass is 493 g/mol. The van der Waals surface area contributed by atoms with Crippen molar-refractivity contribution in [2.24, 2.45) is 10.5 Å². The number of likely N-dealkylation sites (tertiary alicyclic amines) is 1. The summed E-state index contributed by atoms with van der Waals surface area (Å²) in [4.78, 5) is 28.7. The summed E-state index contributed by atoms with van der Waals surface area (Å²) < 4.78 is 10.9. The van der Waals surface area contributed by atoms with E-state index in [0.717, 1.165) is 16.8 Å². The number of amides is 2. The molecule has 0 aliphatic carbocycles. The number of carbonyl (C=O) groups excluding carboxylic acids is 2. The van der Waals surface area contributed by atoms with E-state index in [9.17, 15) is 14.7 Å². The summed E-state index contributed by atoms with van der Waals surface area (Å²) in [6.45, 7) is 6.96. The Kier molecular flexibility index (Phi) is 7.24. The summed E-state index contributed by atoms with van der Waals surface area (Å²) in [6.07, 6.45) is 2.56. The van der Waals surface area contributed by atoms with Gasteiger partial charge in [-0.15, -0.1) is 0 Å². The van der Waals surface area contributed by atoms with E-state index in [2.05, 4.69) is 0 Å². The standard InChI is InChI=1S/C28H35N3O5/c1-6-28(7-2)25(19-9-11-23(35-4)24(16-19)36-5)29-31(27(28)34)20-12-14-30(15-13-20)26(33)22-17-21(32)10-8-18(22)3/h8-11,16-17,20,32H,6-7,12-15H2,1-5H3. The van der Waals surface area contributed by atoms with E-state index < -0.39 is 5.41 Å². The Morgan fingerprint density at radius 3 is 2.33 bits per heavy atom. The van der Waals surface area contributed by atoms with Crippen LogP contribution in [0.4, 0.5) is 0 Å². The lowest BCUT2D eigenvalue weighted by Gasteiger charge is -2.36. The quantitative estimate of drug-likeness (QED) is 0.618. The van der Waals surface area contributed by atoms with Crippen molar-refractivity contribution in [3.63, 3.8) is 0 Å². The predicted molar refractivity (Wildman–Crippen MR) is 138 cm³/mol. The van der Waals surface area contributed by atoms with Gasteiger partial charge in [0.15, 0.2) is 11.5 Å². The van der Waals surface area contributed by atoms with Crippen LogP contribution in [0.2, 0.25) is 0 Å². The second-order valence-electron chi connectivity index (χ2n) is 9.48. The number of ether oxygens (including phenoxy) is 2. The SMILES string of the molecule is CCC1(CC)C(=O)N(C2CCN(C(=O)c3cc(O)ccc3C)CC2)N=C1c1ccc(OC)c(OC)c1. The van der Waals surface area contributed by atoms with Crippen LogP contribution in [0.5, 0.6) is 17.2 Å². The van der Waals surface area contributed by atoms with Crippen molar-refractivity contribution >= 4 is 17.5 Å². The fraction of sp³-hybridized carbons (Fsp3) is 0.464. The number of aryl methyl sites for hydroxylation is 1. The average molecular weight is 494 g/mol. The minimum atomic E-state index is -0.703. The van der Waals surface area contributed by atoms with Crippen molar-refractivity contribution in [2.45, 2.75) is 52.5 Å². The van der Waals surface area contributed by atoms with E-state index in [0.29, 0.717) is 55.8 Å². The van der Waals surface area contributed by atoms with Gasteiger partial charge in [0.25, 0.3) is 11.8 Å². The molecule has 2 aromatic carbocycles. The number of hydrogen-bond donors (Lipinski definition) is 1. The molecule has 0 saturated carbocycles. The van der Waals surface area contributed by atoms with Gasteiger partial charge in [-0.3, -0.25) is 9.59 Å². The normalized spacial score (nSPS) is 17.8. The molecule has 0 radical (unpaired) electrons. The van der Waals surface area contributed by atoms with Crippen molar-refractivity contribution in [3.05, 3.63) is 53.1 Å². The molecule has 0 spiro atoms. The first-order chi connectivity index (χ1) is 17.3. The summed E-state index contributed by atoms with van der Waals surface area (Å²) in [5, 5.41) is 16.4. The summed E-state index contributed by atoms with van der Waals surface area (Å²) in [5.41, 5.74) is 2.24. The van der Waals surface area contributed by atoms with Crippen molar-refractivity contribution in [2.75, 3.05) is 27.3 Å². The molecule has 192 valence electrons. The number of nitrogens with zero attached hydrogens (tertiary/aromatic N) is 3. The fourth-order valence-corrected chi connectivity index (χ4v) is 5.35. The highest BCUT2D eigenvalue weighted by Gasteiger charge is 2.51. The second-order valence-corrected chi connectivity index (χ2v) is 9.48. The van der Waals surface area contributed by atoms with Crippen LogP contribution in [0.25, 0.3) is 0 Å². The number of hydrogen-bond acceptors (Lipinski definition) is 6. The van der Waals surface area contributed by atoms with Gasteiger partial charge >= 0.3 is 0 Å². The molecule has 4 rings (SSSR count). The van der Waals surface area contributed by atoms with Crippen LogP contribution in [0.15, 0.2) is 41.5 Å². The van der Waals surface area contributed by atoms with Gasteiger partial charge < -0.3 is 19.5 Å². The molecule has 2 aliphatic heterocycles. The van der Waals surface area contributed by atoms with Crippen molar-refractivity contribution in [3.8, 4) is 17.2 Å². The van der Waals surface area contributed by atoms with Crippen LogP contribution in [0.3, 0.4) is 0 Å². The molecule has 2 amide bonds. The highest BCUT2D eigenvalue weighted by Crippen LogP contribution is 2.42. The Balaban J connectivity index is 1.57. The van der Waals surface area contributed by atoms with Gasteiger partial charge in [-0.1, -0.05) is 19.9 Å². The smallest absolute Gasteiger partial charge is 0.255 e. The number of piperidine rings is 1. The molecule has 2 aromatic rings. The van der Waals surface area contributed by atoms with Crippen molar-refractivity contribution in [1.82, 2.24) is 9.91 Å². The molecule has 2 heterocycles. The summed E-state index contributed by atoms with van der Waals surface area (Å²) in [5.74, 6) is 1.22. The molecule has 1 N–H and O–H groups in total. The number of benzene rings is 2. The first-order valence-electron chi connectivity index (χ1n) is 12.5. The number of rotatable bonds is 7. The molecule has 1 fully saturated rings. The number of phenols is 1. The predicted octanol–water partition coefficient (Wildman–Crippen LogP) is 4.38. The van der Waals surface area contributed by atoms with Gasteiger partial charge in [-0.05, 0) is 68.5 Å². The Morgan fingerprint density at radius 1 is 1.06 bits per heavy atom. The number of hydrazone groups is 1. The van der Waals surface area contributed by atoms with Gasteiger partial charge in [0.2, 0.25) is 0 Å². The Morgan fingerprint density at radius 2 is 1.72 bits per heavy atom. The van der Waals surface area contributed by atoms with Crippen molar-refractivity contribution < 1.29 is 24.2 Å². The van der Waals surface area contributed by atoms with E-state index in [4.69, 9.17) is 14.6 Å². The number of phenolic OH excluding ortho intramolecular Hbond substituents is 1. The number of methoxy groups -OCH3 is 2. The van der Waals surface area contributed by atoms with E-state index in [-0.39, 0.29) is 23.6 Å². The largest absolute Gasteiger partial charge is 0.508 e. The third kappa shape index (κ3) is 4.29. The average Bonchev–Trinajstić information content (AvgIpc) is 3.21. The molecule has 2 aliphatic rings. The third-order valence-corrected chi connectivity index (χ3v) is 7.69. The maximum absolute atomic E-state index is 13.8. The van der Waals surface area contributed by atoms with Crippen LogP contribution < -0.4 is 9.47 Å². The summed E-state index contributed by atoms with van der Waals surface area (Å²) >= 11 is 0. The lowest BCUT2D eigenvalue weighted by Crippen LogP contribution is -2.48. The Hall–Kier alpha value is -3.55. The minimum absolute atomic E-state index is 0.0193. The fourth-order valence-electron chi connectivity index (χ4n) is 5.35. The zero-order valence-corrected chi connectivity index (χ0v) is 21.7. The lowest BCUT2D eigenvalue weighted by atomic mass is 9.75. The van der Waals surface area contributed by atoms with Gasteiger partial charge in [-0.2, -0.15) is 5.10 Å². The second kappa shape index (κ2) is 10.2. The lowest BCUT2D eigenvalue weighted by molar-refractivity contribution is -0.139. The molecular weight excluding hydrogens is 458 g/mol. The van der Waals surface area contributed by atoms with Gasteiger partial charge in [-0.25, -0.2) is 5.01 Å². The topological polar surface area (TPSA) is 91.7 Å². The highest BCUT2D eigenvalue weighted by atomic mass is 16.5. The minimum Gasteiger partial charge on any atom is -0.508 e. The maximum Gasteiger partial charge on any atom is 0.255 e. The van der Waals surface area contributed by atoms with Crippen LogP contribution in [0, 0.1) is 12.3 Å². The van der Waals surface area contributed by atoms with Crippen molar-refractivity contribution in [1.29, 1.82) is 0 Å². The van der Waals surface area contributed by atoms with Crippen LogP contribution in [-0.2, 0) is 4.79 Å². The zero-order chi connectivity index (χ0) is 26.0. The molecule has 0 bridgehead atoms. The summed E-state index contributed by atoms with van der Waals surface area (Å²) in [7, 11) is 3.19. The van der Waals surface area contributed by atoms with E-state index >= 15 is 0 Å². The van der Waals surface area contributed by atoms with Gasteiger partial charge in [0.05, 0.1) is 31.4 Å². The molecular formula is C28H35N3O5. The number of carbonyl (C=O) groups is 2. The molecule has 8 heteroatoms. The van der Waals surface area contributed by atoms with E-state index in [1.165, 1.54) is 6.07 Å². The molecule has 36 heavy (non-hydrogen) atoms. The van der Waals surface area contributed by atoms with E-state index in [1.54, 1.807) is 36.3 Å². The first-order valence-corrected chi connectivity index (χ1v) is 12.5. The highest BCUT2D eigenvalue weighted by molar-refractivity contribution is 6.20.